The van der Waals surface area contributed by atoms with Crippen molar-refractivity contribution in [2.24, 2.45) is 0 Å². The number of pyridine rings is 1. The number of anilines is 1. The highest BCUT2D eigenvalue weighted by molar-refractivity contribution is 5.61. The van der Waals surface area contributed by atoms with Crippen LogP contribution >= 0.6 is 0 Å². The molecular formula is C15H17N3O. The highest BCUT2D eigenvalue weighted by atomic mass is 16.3. The fraction of sp³-hybridized carbons (Fsp3) is 0.333. The molecule has 2 heterocycles. The van der Waals surface area contributed by atoms with Crippen LogP contribution in [0.4, 0.5) is 5.69 Å². The van der Waals surface area contributed by atoms with Gasteiger partial charge in [0, 0.05) is 12.7 Å². The van der Waals surface area contributed by atoms with E-state index in [4.69, 9.17) is 4.42 Å². The Morgan fingerprint density at radius 3 is 2.63 bits per heavy atom. The van der Waals surface area contributed by atoms with Gasteiger partial charge in [-0.25, -0.2) is 0 Å². The Morgan fingerprint density at radius 1 is 1.32 bits per heavy atom. The van der Waals surface area contributed by atoms with Gasteiger partial charge in [-0.2, -0.15) is 5.26 Å². The molecule has 2 rings (SSSR count). The van der Waals surface area contributed by atoms with Gasteiger partial charge in [-0.05, 0) is 39.0 Å². The SMILES string of the molecule is Cc1cc(N(C)Cc2ccc(C)o2)c(C#N)c(C)n1. The molecule has 0 amide bonds. The highest BCUT2D eigenvalue weighted by Crippen LogP contribution is 2.24. The first kappa shape index (κ1) is 13.2. The van der Waals surface area contributed by atoms with Gasteiger partial charge in [0.2, 0.25) is 0 Å². The molecule has 0 unspecified atom stereocenters. The number of furan rings is 1. The number of hydrogen-bond acceptors (Lipinski definition) is 4. The summed E-state index contributed by atoms with van der Waals surface area (Å²) in [6, 6.07) is 8.06. The molecule has 4 heteroatoms. The van der Waals surface area contributed by atoms with Gasteiger partial charge in [-0.15, -0.1) is 0 Å². The Morgan fingerprint density at radius 2 is 2.05 bits per heavy atom. The third-order valence-corrected chi connectivity index (χ3v) is 3.02. The smallest absolute Gasteiger partial charge is 0.123 e. The second-order valence-electron chi connectivity index (χ2n) is 4.72. The van der Waals surface area contributed by atoms with Crippen LogP contribution in [0.3, 0.4) is 0 Å². The molecule has 19 heavy (non-hydrogen) atoms. The number of aromatic nitrogens is 1. The Kier molecular flexibility index (Phi) is 3.57. The van der Waals surface area contributed by atoms with Gasteiger partial charge < -0.3 is 9.32 Å². The Balaban J connectivity index is 2.33. The molecule has 0 saturated carbocycles. The molecule has 0 spiro atoms. The molecule has 4 nitrogen and oxygen atoms in total. The van der Waals surface area contributed by atoms with E-state index in [0.29, 0.717) is 12.1 Å². The maximum absolute atomic E-state index is 9.27. The summed E-state index contributed by atoms with van der Waals surface area (Å²) >= 11 is 0. The third-order valence-electron chi connectivity index (χ3n) is 3.02. The maximum atomic E-state index is 9.27. The molecule has 0 aromatic carbocycles. The fourth-order valence-corrected chi connectivity index (χ4v) is 2.14. The molecule has 2 aromatic rings. The Labute approximate surface area is 113 Å². The van der Waals surface area contributed by atoms with E-state index in [-0.39, 0.29) is 0 Å². The first-order chi connectivity index (χ1) is 9.01. The summed E-state index contributed by atoms with van der Waals surface area (Å²) in [5, 5.41) is 9.27. The normalized spacial score (nSPS) is 10.3. The molecule has 2 aromatic heterocycles. The number of aryl methyl sites for hydroxylation is 3. The zero-order chi connectivity index (χ0) is 14.0. The highest BCUT2D eigenvalue weighted by Gasteiger charge is 2.13. The van der Waals surface area contributed by atoms with Crippen LogP contribution in [0.15, 0.2) is 22.6 Å². The van der Waals surface area contributed by atoms with Crippen molar-refractivity contribution in [2.75, 3.05) is 11.9 Å². The van der Waals surface area contributed by atoms with Crippen molar-refractivity contribution in [1.82, 2.24) is 4.98 Å². The minimum absolute atomic E-state index is 0.622. The second-order valence-corrected chi connectivity index (χ2v) is 4.72. The zero-order valence-corrected chi connectivity index (χ0v) is 11.7. The molecule has 0 fully saturated rings. The van der Waals surface area contributed by atoms with Crippen molar-refractivity contribution < 1.29 is 4.42 Å². The molecule has 0 saturated heterocycles. The predicted octanol–water partition coefficient (Wildman–Crippen LogP) is 3.11. The largest absolute Gasteiger partial charge is 0.464 e. The van der Waals surface area contributed by atoms with E-state index in [2.05, 4.69) is 11.1 Å². The minimum Gasteiger partial charge on any atom is -0.464 e. The maximum Gasteiger partial charge on any atom is 0.123 e. The van der Waals surface area contributed by atoms with Crippen molar-refractivity contribution in [1.29, 1.82) is 5.26 Å². The first-order valence-corrected chi connectivity index (χ1v) is 6.16. The second kappa shape index (κ2) is 5.15. The van der Waals surface area contributed by atoms with Gasteiger partial charge in [-0.3, -0.25) is 4.98 Å². The van der Waals surface area contributed by atoms with Crippen molar-refractivity contribution in [3.8, 4) is 6.07 Å². The lowest BCUT2D eigenvalue weighted by Crippen LogP contribution is -2.18. The van der Waals surface area contributed by atoms with E-state index in [1.54, 1.807) is 0 Å². The summed E-state index contributed by atoms with van der Waals surface area (Å²) in [6.45, 7) is 6.35. The average molecular weight is 255 g/mol. The average Bonchev–Trinajstić information content (AvgIpc) is 2.73. The van der Waals surface area contributed by atoms with E-state index < -0.39 is 0 Å². The monoisotopic (exact) mass is 255 g/mol. The van der Waals surface area contributed by atoms with Gasteiger partial charge in [0.15, 0.2) is 0 Å². The molecule has 0 atom stereocenters. The standard InChI is InChI=1S/C15H17N3O/c1-10-7-15(14(8-16)12(3)17-10)18(4)9-13-6-5-11(2)19-13/h5-7H,9H2,1-4H3. The van der Waals surface area contributed by atoms with Crippen molar-refractivity contribution in [2.45, 2.75) is 27.3 Å². The van der Waals surface area contributed by atoms with Crippen LogP contribution in [0.2, 0.25) is 0 Å². The van der Waals surface area contributed by atoms with Gasteiger partial charge in [-0.1, -0.05) is 0 Å². The van der Waals surface area contributed by atoms with Gasteiger partial charge in [0.05, 0.1) is 23.5 Å². The van der Waals surface area contributed by atoms with Gasteiger partial charge >= 0.3 is 0 Å². The van der Waals surface area contributed by atoms with E-state index in [9.17, 15) is 5.26 Å². The number of rotatable bonds is 3. The quantitative estimate of drug-likeness (QED) is 0.845. The third kappa shape index (κ3) is 2.76. The number of hydrogen-bond donors (Lipinski definition) is 0. The minimum atomic E-state index is 0.622. The molecule has 98 valence electrons. The molecule has 0 bridgehead atoms. The fourth-order valence-electron chi connectivity index (χ4n) is 2.14. The lowest BCUT2D eigenvalue weighted by molar-refractivity contribution is 0.481. The van der Waals surface area contributed by atoms with Crippen LogP contribution in [0.1, 0.15) is 28.5 Å². The van der Waals surface area contributed by atoms with Crippen LogP contribution in [0, 0.1) is 32.1 Å². The van der Waals surface area contributed by atoms with E-state index in [1.807, 2.05) is 50.9 Å². The number of nitrogens with zero attached hydrogens (tertiary/aromatic N) is 3. The molecule has 0 aliphatic rings. The van der Waals surface area contributed by atoms with Gasteiger partial charge in [0.1, 0.15) is 17.6 Å². The summed E-state index contributed by atoms with van der Waals surface area (Å²) in [4.78, 5) is 6.34. The first-order valence-electron chi connectivity index (χ1n) is 6.16. The summed E-state index contributed by atoms with van der Waals surface area (Å²) in [7, 11) is 1.95. The zero-order valence-electron chi connectivity index (χ0n) is 11.7. The van der Waals surface area contributed by atoms with Gasteiger partial charge in [0.25, 0.3) is 0 Å². The summed E-state index contributed by atoms with van der Waals surface area (Å²) in [6.07, 6.45) is 0. The van der Waals surface area contributed by atoms with Crippen LogP contribution in [-0.2, 0) is 6.54 Å². The molecular weight excluding hydrogens is 238 g/mol. The van der Waals surface area contributed by atoms with Crippen LogP contribution in [-0.4, -0.2) is 12.0 Å². The van der Waals surface area contributed by atoms with E-state index in [0.717, 1.165) is 28.6 Å². The van der Waals surface area contributed by atoms with E-state index >= 15 is 0 Å². The Bertz CT molecular complexity index is 637. The van der Waals surface area contributed by atoms with Crippen LogP contribution in [0.25, 0.3) is 0 Å². The summed E-state index contributed by atoms with van der Waals surface area (Å²) < 4.78 is 5.57. The lowest BCUT2D eigenvalue weighted by atomic mass is 10.1. The summed E-state index contributed by atoms with van der Waals surface area (Å²) in [5.74, 6) is 1.78. The Hall–Kier alpha value is -2.28. The van der Waals surface area contributed by atoms with Crippen molar-refractivity contribution in [3.05, 3.63) is 46.7 Å². The van der Waals surface area contributed by atoms with E-state index in [1.165, 1.54) is 0 Å². The summed E-state index contributed by atoms with van der Waals surface area (Å²) in [5.41, 5.74) is 3.19. The van der Waals surface area contributed by atoms with Crippen molar-refractivity contribution >= 4 is 5.69 Å². The molecule has 0 aliphatic carbocycles. The lowest BCUT2D eigenvalue weighted by Gasteiger charge is -2.20. The number of nitriles is 1. The molecule has 0 N–H and O–H groups in total. The van der Waals surface area contributed by atoms with Crippen molar-refractivity contribution in [3.63, 3.8) is 0 Å². The van der Waals surface area contributed by atoms with Crippen LogP contribution < -0.4 is 4.90 Å². The molecule has 0 aliphatic heterocycles. The van der Waals surface area contributed by atoms with Crippen LogP contribution in [0.5, 0.6) is 0 Å². The topological polar surface area (TPSA) is 53.1 Å². The molecule has 0 radical (unpaired) electrons. The predicted molar refractivity (Wildman–Crippen MR) is 74.0 cm³/mol.